The Bertz CT molecular complexity index is 369. The largest absolute Gasteiger partial charge is 0.399 e. The smallest absolute Gasteiger partial charge is 0.277 e. The first kappa shape index (κ1) is 9.92. The van der Waals surface area contributed by atoms with Gasteiger partial charge in [0.1, 0.15) is 5.82 Å². The van der Waals surface area contributed by atoms with Gasteiger partial charge in [-0.15, -0.1) is 0 Å². The van der Waals surface area contributed by atoms with Gasteiger partial charge in [0.2, 0.25) is 0 Å². The van der Waals surface area contributed by atoms with Crippen LogP contribution in [0, 0.1) is 5.82 Å². The third-order valence-electron chi connectivity index (χ3n) is 2.15. The summed E-state index contributed by atoms with van der Waals surface area (Å²) < 4.78 is 13.0. The molecule has 4 nitrogen and oxygen atoms in total. The maximum atomic E-state index is 13.0. The maximum Gasteiger partial charge on any atom is 0.277 e. The predicted molar refractivity (Wildman–Crippen MR) is 52.4 cm³/mol. The van der Waals surface area contributed by atoms with Crippen molar-refractivity contribution in [3.05, 3.63) is 29.6 Å². The molecule has 0 aromatic heterocycles. The third kappa shape index (κ3) is 2.07. The van der Waals surface area contributed by atoms with Gasteiger partial charge in [0, 0.05) is 11.3 Å². The van der Waals surface area contributed by atoms with Gasteiger partial charge in [-0.05, 0) is 24.6 Å². The molecule has 0 aliphatic carbocycles. The molecule has 0 atom stereocenters. The summed E-state index contributed by atoms with van der Waals surface area (Å²) >= 11 is 0. The van der Waals surface area contributed by atoms with Crippen LogP contribution in [0.25, 0.3) is 0 Å². The Morgan fingerprint density at radius 1 is 1.47 bits per heavy atom. The molecule has 0 bridgehead atoms. The number of halogens is 1. The van der Waals surface area contributed by atoms with Crippen LogP contribution in [-0.4, -0.2) is 24.1 Å². The molecule has 15 heavy (non-hydrogen) atoms. The van der Waals surface area contributed by atoms with E-state index in [-0.39, 0.29) is 17.2 Å². The summed E-state index contributed by atoms with van der Waals surface area (Å²) in [6.45, 7) is 1.06. The molecule has 1 fully saturated rings. The molecule has 5 heteroatoms. The number of carbonyl (C=O) groups excluding carboxylic acids is 1. The quantitative estimate of drug-likeness (QED) is 0.708. The number of rotatable bonds is 1. The monoisotopic (exact) mass is 210 g/mol. The van der Waals surface area contributed by atoms with E-state index < -0.39 is 5.82 Å². The van der Waals surface area contributed by atoms with Crippen molar-refractivity contribution in [2.45, 2.75) is 6.42 Å². The molecular weight excluding hydrogens is 199 g/mol. The standard InChI is InChI=1S/C10H11FN2O2/c11-8-4-7(5-9(12)6-8)10(14)13-2-1-3-15-13/h4-6H,1-3,12H2. The Morgan fingerprint density at radius 3 is 2.87 bits per heavy atom. The summed E-state index contributed by atoms with van der Waals surface area (Å²) in [5, 5.41) is 1.23. The highest BCUT2D eigenvalue weighted by Gasteiger charge is 2.21. The topological polar surface area (TPSA) is 55.6 Å². The summed E-state index contributed by atoms with van der Waals surface area (Å²) in [4.78, 5) is 16.8. The SMILES string of the molecule is Nc1cc(F)cc(C(=O)N2CCCO2)c1. The summed E-state index contributed by atoms with van der Waals surface area (Å²) in [7, 11) is 0. The number of nitrogen functional groups attached to an aromatic ring is 1. The van der Waals surface area contributed by atoms with Gasteiger partial charge in [-0.25, -0.2) is 9.45 Å². The van der Waals surface area contributed by atoms with Crippen molar-refractivity contribution in [2.75, 3.05) is 18.9 Å². The lowest BCUT2D eigenvalue weighted by Gasteiger charge is -2.13. The molecule has 0 radical (unpaired) electrons. The number of nitrogens with zero attached hydrogens (tertiary/aromatic N) is 1. The first-order chi connectivity index (χ1) is 7.16. The van der Waals surface area contributed by atoms with Crippen LogP contribution in [0.3, 0.4) is 0 Å². The Hall–Kier alpha value is -1.62. The Labute approximate surface area is 86.4 Å². The highest BCUT2D eigenvalue weighted by Crippen LogP contribution is 2.15. The van der Waals surface area contributed by atoms with Gasteiger partial charge in [0.25, 0.3) is 5.91 Å². The van der Waals surface area contributed by atoms with Gasteiger partial charge < -0.3 is 5.73 Å². The average Bonchev–Trinajstić information content (AvgIpc) is 2.67. The highest BCUT2D eigenvalue weighted by atomic mass is 19.1. The van der Waals surface area contributed by atoms with Crippen LogP contribution in [0.1, 0.15) is 16.8 Å². The zero-order valence-corrected chi connectivity index (χ0v) is 8.07. The Balaban J connectivity index is 2.24. The fourth-order valence-corrected chi connectivity index (χ4v) is 1.49. The molecule has 0 spiro atoms. The van der Waals surface area contributed by atoms with Gasteiger partial charge in [-0.2, -0.15) is 0 Å². The van der Waals surface area contributed by atoms with Gasteiger partial charge in [0.05, 0.1) is 13.2 Å². The number of hydroxylamine groups is 2. The van der Waals surface area contributed by atoms with E-state index >= 15 is 0 Å². The van der Waals surface area contributed by atoms with E-state index in [0.29, 0.717) is 13.2 Å². The molecule has 1 aliphatic rings. The number of benzene rings is 1. The Kier molecular flexibility index (Phi) is 2.55. The zero-order valence-electron chi connectivity index (χ0n) is 8.07. The van der Waals surface area contributed by atoms with Gasteiger partial charge >= 0.3 is 0 Å². The van der Waals surface area contributed by atoms with Gasteiger partial charge in [-0.1, -0.05) is 0 Å². The minimum Gasteiger partial charge on any atom is -0.399 e. The second-order valence-corrected chi connectivity index (χ2v) is 3.37. The van der Waals surface area contributed by atoms with Crippen LogP contribution in [0.15, 0.2) is 18.2 Å². The summed E-state index contributed by atoms with van der Waals surface area (Å²) in [6.07, 6.45) is 0.802. The fourth-order valence-electron chi connectivity index (χ4n) is 1.49. The molecule has 80 valence electrons. The van der Waals surface area contributed by atoms with Crippen molar-refractivity contribution in [1.82, 2.24) is 5.06 Å². The fraction of sp³-hybridized carbons (Fsp3) is 0.300. The molecule has 1 aromatic carbocycles. The molecule has 1 saturated heterocycles. The van der Waals surface area contributed by atoms with E-state index in [1.807, 2.05) is 0 Å². The first-order valence-electron chi connectivity index (χ1n) is 4.67. The number of carbonyl (C=O) groups is 1. The van der Waals surface area contributed by atoms with E-state index in [0.717, 1.165) is 12.5 Å². The predicted octanol–water partition coefficient (Wildman–Crippen LogP) is 1.19. The van der Waals surface area contributed by atoms with Gasteiger partial charge in [0.15, 0.2) is 0 Å². The molecule has 0 unspecified atom stereocenters. The average molecular weight is 210 g/mol. The van der Waals surface area contributed by atoms with Crippen LogP contribution in [0.5, 0.6) is 0 Å². The van der Waals surface area contributed by atoms with Crippen molar-refractivity contribution >= 4 is 11.6 Å². The summed E-state index contributed by atoms with van der Waals surface area (Å²) in [6, 6.07) is 3.76. The number of amides is 1. The summed E-state index contributed by atoms with van der Waals surface area (Å²) in [5.41, 5.74) is 5.90. The van der Waals surface area contributed by atoms with Crippen molar-refractivity contribution < 1.29 is 14.0 Å². The number of nitrogens with two attached hydrogens (primary N) is 1. The van der Waals surface area contributed by atoms with Crippen LogP contribution in [0.2, 0.25) is 0 Å². The molecule has 2 N–H and O–H groups in total. The van der Waals surface area contributed by atoms with Crippen molar-refractivity contribution in [3.63, 3.8) is 0 Å². The van der Waals surface area contributed by atoms with Crippen LogP contribution < -0.4 is 5.73 Å². The lowest BCUT2D eigenvalue weighted by atomic mass is 10.2. The molecule has 2 rings (SSSR count). The van der Waals surface area contributed by atoms with E-state index in [2.05, 4.69) is 0 Å². The molecule has 0 saturated carbocycles. The molecule has 1 heterocycles. The minimum atomic E-state index is -0.516. The van der Waals surface area contributed by atoms with E-state index in [1.165, 1.54) is 17.2 Å². The third-order valence-corrected chi connectivity index (χ3v) is 2.15. The van der Waals surface area contributed by atoms with E-state index in [1.54, 1.807) is 0 Å². The second kappa shape index (κ2) is 3.86. The molecule has 1 aromatic rings. The Morgan fingerprint density at radius 2 is 2.27 bits per heavy atom. The van der Waals surface area contributed by atoms with E-state index in [4.69, 9.17) is 10.6 Å². The van der Waals surface area contributed by atoms with Crippen LogP contribution in [-0.2, 0) is 4.84 Å². The van der Waals surface area contributed by atoms with Crippen molar-refractivity contribution in [2.24, 2.45) is 0 Å². The summed E-state index contributed by atoms with van der Waals surface area (Å²) in [5.74, 6) is -0.865. The highest BCUT2D eigenvalue weighted by molar-refractivity contribution is 5.94. The number of hydrogen-bond acceptors (Lipinski definition) is 3. The second-order valence-electron chi connectivity index (χ2n) is 3.37. The van der Waals surface area contributed by atoms with Gasteiger partial charge in [-0.3, -0.25) is 9.63 Å². The van der Waals surface area contributed by atoms with E-state index in [9.17, 15) is 9.18 Å². The van der Waals surface area contributed by atoms with Crippen molar-refractivity contribution in [3.8, 4) is 0 Å². The number of hydrogen-bond donors (Lipinski definition) is 1. The van der Waals surface area contributed by atoms with Crippen molar-refractivity contribution in [1.29, 1.82) is 0 Å². The lowest BCUT2D eigenvalue weighted by molar-refractivity contribution is -0.0768. The molecule has 1 amide bonds. The lowest BCUT2D eigenvalue weighted by Crippen LogP contribution is -2.26. The zero-order chi connectivity index (χ0) is 10.8. The maximum absolute atomic E-state index is 13.0. The normalized spacial score (nSPS) is 15.7. The van der Waals surface area contributed by atoms with Crippen LogP contribution >= 0.6 is 0 Å². The first-order valence-corrected chi connectivity index (χ1v) is 4.67. The molecule has 1 aliphatic heterocycles. The molecular formula is C10H11FN2O2. The minimum absolute atomic E-state index is 0.217. The number of anilines is 1. The van der Waals surface area contributed by atoms with Crippen LogP contribution in [0.4, 0.5) is 10.1 Å².